The Labute approximate surface area is 118 Å². The molecule has 2 rings (SSSR count). The average molecular weight is 301 g/mol. The van der Waals surface area contributed by atoms with Crippen LogP contribution in [0, 0.1) is 11.6 Å². The molecule has 2 aromatic rings. The van der Waals surface area contributed by atoms with E-state index in [-0.39, 0.29) is 6.54 Å². The molecular weight excluding hydrogens is 290 g/mol. The molecule has 0 aliphatic rings. The fraction of sp³-hybridized carbons (Fsp3) is 0.143. The van der Waals surface area contributed by atoms with Gasteiger partial charge in [0.15, 0.2) is 11.6 Å². The first-order valence-electron chi connectivity index (χ1n) is 5.78. The first-order chi connectivity index (χ1) is 9.56. The first-order valence-corrected chi connectivity index (χ1v) is 6.66. The molecule has 6 heteroatoms. The quantitative estimate of drug-likeness (QED) is 0.623. The highest BCUT2D eigenvalue weighted by Gasteiger charge is 2.09. The molecule has 0 bridgehead atoms. The maximum Gasteiger partial charge on any atom is 0.288 e. The highest BCUT2D eigenvalue weighted by molar-refractivity contribution is 7.99. The normalized spacial score (nSPS) is 10.8. The van der Waals surface area contributed by atoms with E-state index in [1.165, 1.54) is 6.07 Å². The second kappa shape index (κ2) is 6.65. The number of nitrogens with one attached hydrogen (secondary N) is 1. The van der Waals surface area contributed by atoms with Gasteiger partial charge in [0.25, 0.3) is 5.76 Å². The summed E-state index contributed by atoms with van der Waals surface area (Å²) in [7, 11) is 0. The van der Waals surface area contributed by atoms with E-state index < -0.39 is 17.4 Å². The van der Waals surface area contributed by atoms with Crippen LogP contribution in [-0.4, -0.2) is 5.76 Å². The van der Waals surface area contributed by atoms with E-state index in [0.717, 1.165) is 12.1 Å². The SMILES string of the molecule is Fc1ccc(CNc2ccccc2SC(F)F)cc1F. The molecule has 0 atom stereocenters. The Bertz CT molecular complexity index is 589. The molecule has 0 saturated carbocycles. The molecule has 0 unspecified atom stereocenters. The molecule has 1 nitrogen and oxygen atoms in total. The second-order valence-electron chi connectivity index (χ2n) is 3.98. The molecule has 0 aliphatic heterocycles. The molecule has 0 aromatic heterocycles. The van der Waals surface area contributed by atoms with Crippen LogP contribution in [0.15, 0.2) is 47.4 Å². The molecule has 0 radical (unpaired) electrons. The summed E-state index contributed by atoms with van der Waals surface area (Å²) in [5, 5.41) is 2.94. The number of rotatable bonds is 5. The maximum atomic E-state index is 13.1. The Balaban J connectivity index is 2.08. The fourth-order valence-corrected chi connectivity index (χ4v) is 2.27. The summed E-state index contributed by atoms with van der Waals surface area (Å²) in [6, 6.07) is 10.2. The molecule has 20 heavy (non-hydrogen) atoms. The van der Waals surface area contributed by atoms with E-state index in [4.69, 9.17) is 0 Å². The van der Waals surface area contributed by atoms with E-state index >= 15 is 0 Å². The number of hydrogen-bond acceptors (Lipinski definition) is 2. The molecule has 0 heterocycles. The predicted molar refractivity (Wildman–Crippen MR) is 72.0 cm³/mol. The minimum Gasteiger partial charge on any atom is -0.380 e. The van der Waals surface area contributed by atoms with Gasteiger partial charge in [0.2, 0.25) is 0 Å². The highest BCUT2D eigenvalue weighted by Crippen LogP contribution is 2.31. The monoisotopic (exact) mass is 301 g/mol. The number of thioether (sulfide) groups is 1. The Kier molecular flexibility index (Phi) is 4.89. The van der Waals surface area contributed by atoms with Crippen LogP contribution in [0.4, 0.5) is 23.2 Å². The largest absolute Gasteiger partial charge is 0.380 e. The Morgan fingerprint density at radius 1 is 1.00 bits per heavy atom. The van der Waals surface area contributed by atoms with Crippen LogP contribution in [0.2, 0.25) is 0 Å². The van der Waals surface area contributed by atoms with Gasteiger partial charge >= 0.3 is 0 Å². The zero-order chi connectivity index (χ0) is 14.5. The van der Waals surface area contributed by atoms with Gasteiger partial charge in [-0.05, 0) is 29.8 Å². The summed E-state index contributed by atoms with van der Waals surface area (Å²) >= 11 is 0.436. The van der Waals surface area contributed by atoms with Crippen molar-refractivity contribution >= 4 is 17.4 Å². The van der Waals surface area contributed by atoms with Crippen molar-refractivity contribution < 1.29 is 17.6 Å². The van der Waals surface area contributed by atoms with Gasteiger partial charge in [0.1, 0.15) is 0 Å². The van der Waals surface area contributed by atoms with Gasteiger partial charge < -0.3 is 5.32 Å². The number of hydrogen-bond donors (Lipinski definition) is 1. The van der Waals surface area contributed by atoms with Crippen LogP contribution in [-0.2, 0) is 6.54 Å². The summed E-state index contributed by atoms with van der Waals surface area (Å²) in [6.07, 6.45) is 0. The molecule has 1 N–H and O–H groups in total. The summed E-state index contributed by atoms with van der Waals surface area (Å²) in [5.41, 5.74) is 1.06. The van der Waals surface area contributed by atoms with E-state index in [1.807, 2.05) is 0 Å². The minimum absolute atomic E-state index is 0.220. The Morgan fingerprint density at radius 3 is 2.45 bits per heavy atom. The van der Waals surface area contributed by atoms with E-state index in [9.17, 15) is 17.6 Å². The van der Waals surface area contributed by atoms with Crippen LogP contribution in [0.25, 0.3) is 0 Å². The number of halogens is 4. The third-order valence-electron chi connectivity index (χ3n) is 2.57. The molecule has 0 fully saturated rings. The average Bonchev–Trinajstić information content (AvgIpc) is 2.41. The zero-order valence-electron chi connectivity index (χ0n) is 10.2. The van der Waals surface area contributed by atoms with Crippen molar-refractivity contribution in [3.8, 4) is 0 Å². The van der Waals surface area contributed by atoms with Crippen molar-refractivity contribution in [3.05, 3.63) is 59.7 Å². The molecule has 0 amide bonds. The number of anilines is 1. The van der Waals surface area contributed by atoms with Crippen molar-refractivity contribution in [2.24, 2.45) is 0 Å². The van der Waals surface area contributed by atoms with Crippen LogP contribution in [0.1, 0.15) is 5.56 Å². The summed E-state index contributed by atoms with van der Waals surface area (Å²) in [5.74, 6) is -4.36. The molecule has 106 valence electrons. The van der Waals surface area contributed by atoms with Crippen LogP contribution >= 0.6 is 11.8 Å². The van der Waals surface area contributed by atoms with Gasteiger partial charge in [-0.15, -0.1) is 0 Å². The number of benzene rings is 2. The summed E-state index contributed by atoms with van der Waals surface area (Å²) in [4.78, 5) is 0.407. The topological polar surface area (TPSA) is 12.0 Å². The molecule has 0 saturated heterocycles. The van der Waals surface area contributed by atoms with Crippen LogP contribution < -0.4 is 5.32 Å². The second-order valence-corrected chi connectivity index (χ2v) is 5.01. The molecule has 0 spiro atoms. The van der Waals surface area contributed by atoms with Gasteiger partial charge in [-0.1, -0.05) is 30.0 Å². The lowest BCUT2D eigenvalue weighted by Gasteiger charge is -2.11. The highest BCUT2D eigenvalue weighted by atomic mass is 32.2. The number of alkyl halides is 2. The standard InChI is InChI=1S/C14H11F4NS/c15-10-6-5-9(7-11(10)16)8-19-12-3-1-2-4-13(12)20-14(17)18/h1-7,14,19H,8H2. The van der Waals surface area contributed by atoms with Crippen molar-refractivity contribution in [1.29, 1.82) is 0 Å². The third-order valence-corrected chi connectivity index (χ3v) is 3.36. The lowest BCUT2D eigenvalue weighted by Crippen LogP contribution is -2.02. The van der Waals surface area contributed by atoms with Gasteiger partial charge in [-0.2, -0.15) is 8.78 Å². The smallest absolute Gasteiger partial charge is 0.288 e. The first kappa shape index (κ1) is 14.7. The van der Waals surface area contributed by atoms with Gasteiger partial charge in [0, 0.05) is 17.1 Å². The van der Waals surface area contributed by atoms with E-state index in [2.05, 4.69) is 5.32 Å². The Morgan fingerprint density at radius 2 is 1.75 bits per heavy atom. The molecule has 2 aromatic carbocycles. The number of para-hydroxylation sites is 1. The van der Waals surface area contributed by atoms with Crippen LogP contribution in [0.5, 0.6) is 0 Å². The Hall–Kier alpha value is -1.69. The molecule has 0 aliphatic carbocycles. The lowest BCUT2D eigenvalue weighted by molar-refractivity contribution is 0.252. The van der Waals surface area contributed by atoms with Crippen molar-refractivity contribution in [3.63, 3.8) is 0 Å². The maximum absolute atomic E-state index is 13.1. The van der Waals surface area contributed by atoms with Crippen molar-refractivity contribution in [2.45, 2.75) is 17.2 Å². The third kappa shape index (κ3) is 3.90. The summed E-state index contributed by atoms with van der Waals surface area (Å²) < 4.78 is 50.6. The predicted octanol–water partition coefficient (Wildman–Crippen LogP) is 4.89. The molecular formula is C14H11F4NS. The van der Waals surface area contributed by atoms with Gasteiger partial charge in [-0.3, -0.25) is 0 Å². The van der Waals surface area contributed by atoms with E-state index in [0.29, 0.717) is 27.9 Å². The minimum atomic E-state index is -2.51. The lowest BCUT2D eigenvalue weighted by atomic mass is 10.2. The van der Waals surface area contributed by atoms with Crippen molar-refractivity contribution in [1.82, 2.24) is 0 Å². The van der Waals surface area contributed by atoms with Crippen LogP contribution in [0.3, 0.4) is 0 Å². The van der Waals surface area contributed by atoms with Crippen molar-refractivity contribution in [2.75, 3.05) is 5.32 Å². The van der Waals surface area contributed by atoms with Gasteiger partial charge in [-0.25, -0.2) is 8.78 Å². The fourth-order valence-electron chi connectivity index (χ4n) is 1.66. The summed E-state index contributed by atoms with van der Waals surface area (Å²) in [6.45, 7) is 0.220. The zero-order valence-corrected chi connectivity index (χ0v) is 11.1. The van der Waals surface area contributed by atoms with Gasteiger partial charge in [0.05, 0.1) is 0 Å². The van der Waals surface area contributed by atoms with E-state index in [1.54, 1.807) is 24.3 Å².